The van der Waals surface area contributed by atoms with E-state index in [0.29, 0.717) is 23.6 Å². The molecule has 0 saturated heterocycles. The third-order valence-corrected chi connectivity index (χ3v) is 6.75. The minimum absolute atomic E-state index is 0.181. The minimum atomic E-state index is -3.72. The highest BCUT2D eigenvalue weighted by molar-refractivity contribution is 7.91. The van der Waals surface area contributed by atoms with Crippen LogP contribution in [0.1, 0.15) is 23.2 Å². The summed E-state index contributed by atoms with van der Waals surface area (Å²) in [6.45, 7) is 0.334. The number of fused-ring (bicyclic) bond motifs is 1. The molecule has 0 aromatic carbocycles. The largest absolute Gasteiger partial charge is 0.366 e. The molecule has 0 spiro atoms. The number of hydrogen-bond donors (Lipinski definition) is 2. The van der Waals surface area contributed by atoms with Crippen LogP contribution in [0.25, 0.3) is 11.5 Å². The Morgan fingerprint density at radius 3 is 2.85 bits per heavy atom. The fourth-order valence-corrected chi connectivity index (χ4v) is 4.93. The van der Waals surface area contributed by atoms with Crippen LogP contribution in [0.2, 0.25) is 0 Å². The van der Waals surface area contributed by atoms with Crippen molar-refractivity contribution in [3.8, 4) is 11.5 Å². The number of nitrogens with zero attached hydrogens (tertiary/aromatic N) is 3. The van der Waals surface area contributed by atoms with Crippen molar-refractivity contribution >= 4 is 27.2 Å². The van der Waals surface area contributed by atoms with Crippen LogP contribution in [0.4, 0.5) is 5.82 Å². The maximum atomic E-state index is 11.7. The summed E-state index contributed by atoms with van der Waals surface area (Å²) in [5, 5.41) is 10.3. The molecule has 0 unspecified atom stereocenters. The SMILES string of the molecule is NS(=O)(=O)c1sccc1CNc1nc(-c2ccccn2)nc2c1CCC2. The van der Waals surface area contributed by atoms with E-state index in [0.717, 1.165) is 47.7 Å². The van der Waals surface area contributed by atoms with Crippen molar-refractivity contribution in [1.29, 1.82) is 0 Å². The van der Waals surface area contributed by atoms with E-state index >= 15 is 0 Å². The maximum Gasteiger partial charge on any atom is 0.247 e. The molecule has 0 atom stereocenters. The Hall–Kier alpha value is -2.36. The summed E-state index contributed by atoms with van der Waals surface area (Å²) >= 11 is 1.12. The molecule has 1 aliphatic rings. The van der Waals surface area contributed by atoms with Gasteiger partial charge in [0.1, 0.15) is 15.7 Å². The number of hydrogen-bond acceptors (Lipinski definition) is 7. The van der Waals surface area contributed by atoms with Gasteiger partial charge >= 0.3 is 0 Å². The van der Waals surface area contributed by atoms with Gasteiger partial charge in [0.15, 0.2) is 5.82 Å². The first-order valence-corrected chi connectivity index (χ1v) is 10.6. The molecule has 0 radical (unpaired) electrons. The number of aromatic nitrogens is 3. The molecule has 0 fully saturated rings. The van der Waals surface area contributed by atoms with Crippen LogP contribution in [0.15, 0.2) is 40.1 Å². The molecular weight excluding hydrogens is 370 g/mol. The quantitative estimate of drug-likeness (QED) is 0.695. The smallest absolute Gasteiger partial charge is 0.247 e. The van der Waals surface area contributed by atoms with Gasteiger partial charge in [0.05, 0.1) is 0 Å². The van der Waals surface area contributed by atoms with E-state index < -0.39 is 10.0 Å². The highest BCUT2D eigenvalue weighted by Crippen LogP contribution is 2.30. The molecule has 1 aliphatic carbocycles. The van der Waals surface area contributed by atoms with Crippen LogP contribution in [0.5, 0.6) is 0 Å². The first kappa shape index (κ1) is 17.1. The van der Waals surface area contributed by atoms with Crippen molar-refractivity contribution in [2.24, 2.45) is 5.14 Å². The fraction of sp³-hybridized carbons (Fsp3) is 0.235. The lowest BCUT2D eigenvalue weighted by Crippen LogP contribution is -2.14. The van der Waals surface area contributed by atoms with Gasteiger partial charge in [-0.2, -0.15) is 0 Å². The second kappa shape index (κ2) is 6.75. The number of sulfonamides is 1. The van der Waals surface area contributed by atoms with Crippen molar-refractivity contribution < 1.29 is 8.42 Å². The fourth-order valence-electron chi connectivity index (χ4n) is 3.07. The summed E-state index contributed by atoms with van der Waals surface area (Å²) in [5.74, 6) is 1.31. The molecule has 4 rings (SSSR count). The first-order valence-electron chi connectivity index (χ1n) is 8.16. The van der Waals surface area contributed by atoms with E-state index in [1.807, 2.05) is 18.2 Å². The predicted octanol–water partition coefficient (Wildman–Crippen LogP) is 2.35. The monoisotopic (exact) mass is 387 g/mol. The van der Waals surface area contributed by atoms with Gasteiger partial charge in [0, 0.05) is 29.6 Å². The summed E-state index contributed by atoms with van der Waals surface area (Å²) in [6, 6.07) is 7.38. The lowest BCUT2D eigenvalue weighted by molar-refractivity contribution is 0.599. The van der Waals surface area contributed by atoms with E-state index in [1.54, 1.807) is 17.6 Å². The number of rotatable bonds is 5. The van der Waals surface area contributed by atoms with E-state index in [-0.39, 0.29) is 4.21 Å². The highest BCUT2D eigenvalue weighted by Gasteiger charge is 2.21. The molecule has 26 heavy (non-hydrogen) atoms. The standard InChI is InChI=1S/C17H17N5O2S2/c18-26(23,24)17-11(7-9-25-17)10-20-15-12-4-3-6-13(12)21-16(22-15)14-5-1-2-8-19-14/h1-2,5,7-9H,3-4,6,10H2,(H2,18,23,24)(H,20,21,22). The number of thiophene rings is 1. The molecule has 3 heterocycles. The Morgan fingerprint density at radius 2 is 2.08 bits per heavy atom. The van der Waals surface area contributed by atoms with E-state index in [2.05, 4.69) is 20.3 Å². The Balaban J connectivity index is 1.67. The third-order valence-electron chi connectivity index (χ3n) is 4.24. The number of anilines is 1. The number of primary sulfonamides is 1. The molecule has 0 saturated carbocycles. The van der Waals surface area contributed by atoms with Crippen molar-refractivity contribution in [1.82, 2.24) is 15.0 Å². The molecule has 134 valence electrons. The molecule has 9 heteroatoms. The van der Waals surface area contributed by atoms with Crippen molar-refractivity contribution in [3.05, 3.63) is 52.7 Å². The molecule has 3 aromatic heterocycles. The Kier molecular flexibility index (Phi) is 4.43. The van der Waals surface area contributed by atoms with Crippen LogP contribution < -0.4 is 10.5 Å². The van der Waals surface area contributed by atoms with E-state index in [9.17, 15) is 8.42 Å². The average molecular weight is 387 g/mol. The highest BCUT2D eigenvalue weighted by atomic mass is 32.2. The van der Waals surface area contributed by atoms with E-state index in [1.165, 1.54) is 0 Å². The zero-order valence-corrected chi connectivity index (χ0v) is 15.5. The zero-order chi connectivity index (χ0) is 18.1. The summed E-state index contributed by atoms with van der Waals surface area (Å²) in [7, 11) is -3.72. The Labute approximate surface area is 155 Å². The molecule has 0 bridgehead atoms. The maximum absolute atomic E-state index is 11.7. The zero-order valence-electron chi connectivity index (χ0n) is 13.8. The van der Waals surface area contributed by atoms with Crippen molar-refractivity contribution in [2.75, 3.05) is 5.32 Å². The van der Waals surface area contributed by atoms with Crippen LogP contribution in [0.3, 0.4) is 0 Å². The average Bonchev–Trinajstić information content (AvgIpc) is 3.29. The normalized spacial score (nSPS) is 13.6. The number of nitrogens with two attached hydrogens (primary N) is 1. The molecule has 3 N–H and O–H groups in total. The minimum Gasteiger partial charge on any atom is -0.366 e. The van der Waals surface area contributed by atoms with Gasteiger partial charge < -0.3 is 5.32 Å². The summed E-state index contributed by atoms with van der Waals surface area (Å²) in [4.78, 5) is 13.6. The van der Waals surface area contributed by atoms with Gasteiger partial charge in [-0.1, -0.05) is 6.07 Å². The van der Waals surface area contributed by atoms with Crippen LogP contribution in [-0.4, -0.2) is 23.4 Å². The molecule has 0 amide bonds. The van der Waals surface area contributed by atoms with E-state index in [4.69, 9.17) is 5.14 Å². The lowest BCUT2D eigenvalue weighted by atomic mass is 10.2. The van der Waals surface area contributed by atoms with Crippen molar-refractivity contribution in [2.45, 2.75) is 30.0 Å². The van der Waals surface area contributed by atoms with Gasteiger partial charge in [-0.25, -0.2) is 23.5 Å². The Morgan fingerprint density at radius 1 is 1.19 bits per heavy atom. The van der Waals surface area contributed by atoms with Gasteiger partial charge in [-0.3, -0.25) is 4.98 Å². The van der Waals surface area contributed by atoms with Gasteiger partial charge in [0.2, 0.25) is 10.0 Å². The van der Waals surface area contributed by atoms with Crippen LogP contribution in [0, 0.1) is 0 Å². The van der Waals surface area contributed by atoms with Crippen molar-refractivity contribution in [3.63, 3.8) is 0 Å². The van der Waals surface area contributed by atoms with Gasteiger partial charge in [-0.15, -0.1) is 11.3 Å². The second-order valence-corrected chi connectivity index (χ2v) is 8.69. The number of aryl methyl sites for hydroxylation is 1. The lowest BCUT2D eigenvalue weighted by Gasteiger charge is -2.12. The number of nitrogens with one attached hydrogen (secondary N) is 1. The Bertz CT molecular complexity index is 1050. The van der Waals surface area contributed by atoms with Gasteiger partial charge in [0.25, 0.3) is 0 Å². The van der Waals surface area contributed by atoms with Crippen LogP contribution >= 0.6 is 11.3 Å². The summed E-state index contributed by atoms with van der Waals surface area (Å²) in [6.07, 6.45) is 4.56. The van der Waals surface area contributed by atoms with Crippen LogP contribution in [-0.2, 0) is 29.4 Å². The predicted molar refractivity (Wildman–Crippen MR) is 100 cm³/mol. The summed E-state index contributed by atoms with van der Waals surface area (Å²) in [5.41, 5.74) is 3.48. The molecule has 0 aliphatic heterocycles. The molecule has 3 aromatic rings. The van der Waals surface area contributed by atoms with Gasteiger partial charge in [-0.05, 0) is 42.8 Å². The molecular formula is C17H17N5O2S2. The molecule has 7 nitrogen and oxygen atoms in total. The number of pyridine rings is 1. The first-order chi connectivity index (χ1) is 12.5. The topological polar surface area (TPSA) is 111 Å². The second-order valence-electron chi connectivity index (χ2n) is 6.02. The summed E-state index contributed by atoms with van der Waals surface area (Å²) < 4.78 is 23.5. The third kappa shape index (κ3) is 3.33.